The Labute approximate surface area is 94.5 Å². The van der Waals surface area contributed by atoms with Crippen LogP contribution in [0.3, 0.4) is 0 Å². The minimum atomic E-state index is 0.557. The average Bonchev–Trinajstić information content (AvgIpc) is 2.25. The van der Waals surface area contributed by atoms with Gasteiger partial charge in [0.2, 0.25) is 5.95 Å². The second-order valence-corrected chi connectivity index (χ2v) is 3.78. The molecule has 0 saturated heterocycles. The molecule has 2 aromatic rings. The van der Waals surface area contributed by atoms with Crippen LogP contribution >= 0.6 is 0 Å². The van der Waals surface area contributed by atoms with Gasteiger partial charge in [0.05, 0.1) is 18.1 Å². The number of rotatable bonds is 2. The molecular weight excluding hydrogens is 200 g/mol. The number of nitrogens with zero attached hydrogens (tertiary/aromatic N) is 2. The molecule has 0 aliphatic heterocycles. The maximum Gasteiger partial charge on any atom is 0.227 e. The number of hydrogen-bond donors (Lipinski definition) is 2. The van der Waals surface area contributed by atoms with Crippen LogP contribution in [0.15, 0.2) is 30.6 Å². The van der Waals surface area contributed by atoms with Gasteiger partial charge in [-0.1, -0.05) is 17.7 Å². The van der Waals surface area contributed by atoms with E-state index >= 15 is 0 Å². The zero-order chi connectivity index (χ0) is 11.5. The van der Waals surface area contributed by atoms with Gasteiger partial charge in [-0.05, 0) is 25.5 Å². The zero-order valence-corrected chi connectivity index (χ0v) is 9.36. The number of nitrogens with two attached hydrogens (primary N) is 1. The molecule has 0 unspecified atom stereocenters. The Balaban J connectivity index is 2.23. The summed E-state index contributed by atoms with van der Waals surface area (Å²) < 4.78 is 0. The highest BCUT2D eigenvalue weighted by Gasteiger charge is 2.00. The third-order valence-corrected chi connectivity index (χ3v) is 2.30. The van der Waals surface area contributed by atoms with Crippen LogP contribution in [-0.4, -0.2) is 9.97 Å². The molecule has 0 aliphatic carbocycles. The topological polar surface area (TPSA) is 63.8 Å². The Kier molecular flexibility index (Phi) is 2.72. The van der Waals surface area contributed by atoms with Crippen molar-refractivity contribution in [3.8, 4) is 0 Å². The highest BCUT2D eigenvalue weighted by Crippen LogP contribution is 2.19. The van der Waals surface area contributed by atoms with Crippen molar-refractivity contribution in [2.75, 3.05) is 11.1 Å². The van der Waals surface area contributed by atoms with Crippen LogP contribution in [0.4, 0.5) is 17.3 Å². The Morgan fingerprint density at radius 3 is 2.44 bits per heavy atom. The van der Waals surface area contributed by atoms with Crippen molar-refractivity contribution in [3.05, 3.63) is 41.7 Å². The van der Waals surface area contributed by atoms with Crippen LogP contribution in [0.25, 0.3) is 0 Å². The number of benzene rings is 1. The third-order valence-electron chi connectivity index (χ3n) is 2.30. The maximum absolute atomic E-state index is 5.52. The SMILES string of the molecule is Cc1ccc(Nc2ncc(N)cn2)c(C)c1. The zero-order valence-electron chi connectivity index (χ0n) is 9.36. The maximum atomic E-state index is 5.52. The molecule has 0 radical (unpaired) electrons. The molecule has 1 aromatic carbocycles. The highest BCUT2D eigenvalue weighted by atomic mass is 15.1. The minimum absolute atomic E-state index is 0.557. The largest absolute Gasteiger partial charge is 0.396 e. The van der Waals surface area contributed by atoms with Gasteiger partial charge in [-0.2, -0.15) is 0 Å². The first-order chi connectivity index (χ1) is 7.65. The number of hydrogen-bond acceptors (Lipinski definition) is 4. The monoisotopic (exact) mass is 214 g/mol. The lowest BCUT2D eigenvalue weighted by atomic mass is 10.1. The summed E-state index contributed by atoms with van der Waals surface area (Å²) in [5.74, 6) is 0.557. The summed E-state index contributed by atoms with van der Waals surface area (Å²) in [4.78, 5) is 8.18. The van der Waals surface area contributed by atoms with Crippen molar-refractivity contribution in [2.45, 2.75) is 13.8 Å². The summed E-state index contributed by atoms with van der Waals surface area (Å²) in [5, 5.41) is 3.15. The predicted octanol–water partition coefficient (Wildman–Crippen LogP) is 2.42. The van der Waals surface area contributed by atoms with E-state index in [1.54, 1.807) is 12.4 Å². The van der Waals surface area contributed by atoms with E-state index in [4.69, 9.17) is 5.73 Å². The van der Waals surface area contributed by atoms with E-state index in [0.717, 1.165) is 5.69 Å². The standard InChI is InChI=1S/C12H14N4/c1-8-3-4-11(9(2)5-8)16-12-14-6-10(13)7-15-12/h3-7H,13H2,1-2H3,(H,14,15,16). The fraction of sp³-hybridized carbons (Fsp3) is 0.167. The Morgan fingerprint density at radius 1 is 1.12 bits per heavy atom. The van der Waals surface area contributed by atoms with E-state index in [0.29, 0.717) is 11.6 Å². The lowest BCUT2D eigenvalue weighted by Crippen LogP contribution is -1.99. The number of aromatic nitrogens is 2. The number of nitrogens with one attached hydrogen (secondary N) is 1. The molecule has 4 heteroatoms. The predicted molar refractivity (Wildman–Crippen MR) is 65.6 cm³/mol. The van der Waals surface area contributed by atoms with Crippen molar-refractivity contribution >= 4 is 17.3 Å². The number of anilines is 3. The quantitative estimate of drug-likeness (QED) is 0.805. The van der Waals surface area contributed by atoms with Gasteiger partial charge in [0, 0.05) is 5.69 Å². The molecule has 0 fully saturated rings. The third kappa shape index (κ3) is 2.28. The van der Waals surface area contributed by atoms with E-state index in [9.17, 15) is 0 Å². The van der Waals surface area contributed by atoms with Crippen LogP contribution in [-0.2, 0) is 0 Å². The van der Waals surface area contributed by atoms with Crippen molar-refractivity contribution in [3.63, 3.8) is 0 Å². The van der Waals surface area contributed by atoms with Crippen molar-refractivity contribution < 1.29 is 0 Å². The van der Waals surface area contributed by atoms with Crippen molar-refractivity contribution in [1.29, 1.82) is 0 Å². The Bertz CT molecular complexity index is 491. The fourth-order valence-electron chi connectivity index (χ4n) is 1.48. The first-order valence-corrected chi connectivity index (χ1v) is 5.07. The van der Waals surface area contributed by atoms with Crippen LogP contribution in [0, 0.1) is 13.8 Å². The van der Waals surface area contributed by atoms with Gasteiger partial charge in [0.1, 0.15) is 0 Å². The van der Waals surface area contributed by atoms with Gasteiger partial charge in [0.15, 0.2) is 0 Å². The van der Waals surface area contributed by atoms with Gasteiger partial charge in [-0.3, -0.25) is 0 Å². The number of nitrogen functional groups attached to an aromatic ring is 1. The van der Waals surface area contributed by atoms with Crippen LogP contribution < -0.4 is 11.1 Å². The summed E-state index contributed by atoms with van der Waals surface area (Å²) in [6, 6.07) is 6.18. The van der Waals surface area contributed by atoms with E-state index in [1.807, 2.05) is 19.1 Å². The molecule has 0 saturated carbocycles. The van der Waals surface area contributed by atoms with Crippen LogP contribution in [0.2, 0.25) is 0 Å². The first kappa shape index (κ1) is 10.4. The molecule has 2 rings (SSSR count). The molecule has 4 nitrogen and oxygen atoms in total. The molecule has 0 spiro atoms. The van der Waals surface area contributed by atoms with E-state index < -0.39 is 0 Å². The molecule has 3 N–H and O–H groups in total. The van der Waals surface area contributed by atoms with Gasteiger partial charge in [0.25, 0.3) is 0 Å². The van der Waals surface area contributed by atoms with Gasteiger partial charge in [-0.25, -0.2) is 9.97 Å². The molecule has 0 atom stereocenters. The molecular formula is C12H14N4. The van der Waals surface area contributed by atoms with E-state index in [-0.39, 0.29) is 0 Å². The second-order valence-electron chi connectivity index (χ2n) is 3.78. The molecule has 82 valence electrons. The molecule has 1 aromatic heterocycles. The van der Waals surface area contributed by atoms with Gasteiger partial charge in [-0.15, -0.1) is 0 Å². The smallest absolute Gasteiger partial charge is 0.227 e. The summed E-state index contributed by atoms with van der Waals surface area (Å²) >= 11 is 0. The second kappa shape index (κ2) is 4.18. The van der Waals surface area contributed by atoms with E-state index in [2.05, 4.69) is 28.3 Å². The molecule has 1 heterocycles. The normalized spacial score (nSPS) is 10.1. The minimum Gasteiger partial charge on any atom is -0.396 e. The summed E-state index contributed by atoms with van der Waals surface area (Å²) in [5.41, 5.74) is 9.49. The van der Waals surface area contributed by atoms with Gasteiger partial charge < -0.3 is 11.1 Å². The van der Waals surface area contributed by atoms with Crippen molar-refractivity contribution in [1.82, 2.24) is 9.97 Å². The molecule has 0 aliphatic rings. The average molecular weight is 214 g/mol. The lowest BCUT2D eigenvalue weighted by molar-refractivity contribution is 1.16. The molecule has 0 bridgehead atoms. The first-order valence-electron chi connectivity index (χ1n) is 5.07. The Morgan fingerprint density at radius 2 is 1.81 bits per heavy atom. The van der Waals surface area contributed by atoms with Gasteiger partial charge >= 0.3 is 0 Å². The van der Waals surface area contributed by atoms with Crippen LogP contribution in [0.1, 0.15) is 11.1 Å². The Hall–Kier alpha value is -2.10. The highest BCUT2D eigenvalue weighted by molar-refractivity contribution is 5.59. The van der Waals surface area contributed by atoms with E-state index in [1.165, 1.54) is 11.1 Å². The summed E-state index contributed by atoms with van der Waals surface area (Å²) in [7, 11) is 0. The molecule has 0 amide bonds. The summed E-state index contributed by atoms with van der Waals surface area (Å²) in [6.45, 7) is 4.11. The summed E-state index contributed by atoms with van der Waals surface area (Å²) in [6.07, 6.45) is 3.16. The number of aryl methyl sites for hydroxylation is 2. The van der Waals surface area contributed by atoms with Crippen LogP contribution in [0.5, 0.6) is 0 Å². The lowest BCUT2D eigenvalue weighted by Gasteiger charge is -2.08. The fourth-order valence-corrected chi connectivity index (χ4v) is 1.48. The van der Waals surface area contributed by atoms with Crippen molar-refractivity contribution in [2.24, 2.45) is 0 Å². The molecule has 16 heavy (non-hydrogen) atoms.